The average molecular weight is 359 g/mol. The first kappa shape index (κ1) is 17.6. The number of rotatable bonds is 6. The number of ether oxygens (including phenoxy) is 1. The minimum absolute atomic E-state index is 0.154. The third-order valence-electron chi connectivity index (χ3n) is 3.30. The van der Waals surface area contributed by atoms with Gasteiger partial charge in [-0.05, 0) is 17.7 Å². The first-order chi connectivity index (χ1) is 12.4. The van der Waals surface area contributed by atoms with Gasteiger partial charge in [-0.1, -0.05) is 6.07 Å². The second kappa shape index (κ2) is 7.34. The van der Waals surface area contributed by atoms with Crippen LogP contribution >= 0.6 is 0 Å². The van der Waals surface area contributed by atoms with E-state index in [1.807, 2.05) is 6.07 Å². The molecule has 0 fully saturated rings. The third kappa shape index (κ3) is 4.65. The van der Waals surface area contributed by atoms with Gasteiger partial charge in [-0.3, -0.25) is 9.78 Å². The molecule has 3 rings (SSSR count). The number of nitrogens with zero attached hydrogens (tertiary/aromatic N) is 5. The van der Waals surface area contributed by atoms with Crippen LogP contribution in [-0.4, -0.2) is 37.3 Å². The van der Waals surface area contributed by atoms with Gasteiger partial charge in [0.25, 0.3) is 11.5 Å². The van der Waals surface area contributed by atoms with Crippen LogP contribution in [0.4, 0.5) is 8.78 Å². The molecule has 0 saturated heterocycles. The third-order valence-corrected chi connectivity index (χ3v) is 3.30. The molecule has 0 radical (unpaired) electrons. The van der Waals surface area contributed by atoms with Crippen molar-refractivity contribution < 1.29 is 13.5 Å². The molecule has 26 heavy (non-hydrogen) atoms. The Balaban J connectivity index is 1.79. The quantitative estimate of drug-likeness (QED) is 0.671. The summed E-state index contributed by atoms with van der Waals surface area (Å²) in [4.78, 5) is 23.8. The van der Waals surface area contributed by atoms with Crippen molar-refractivity contribution in [3.8, 4) is 17.3 Å². The van der Waals surface area contributed by atoms with Crippen LogP contribution in [0.2, 0.25) is 0 Å². The van der Waals surface area contributed by atoms with Crippen LogP contribution in [0.25, 0.3) is 11.3 Å². The number of hydrogen-bond acceptors (Lipinski definition) is 6. The number of pyridine rings is 1. The van der Waals surface area contributed by atoms with E-state index in [1.54, 1.807) is 24.5 Å². The topological polar surface area (TPSA) is 82.8 Å². The lowest BCUT2D eigenvalue weighted by Gasteiger charge is -2.10. The summed E-state index contributed by atoms with van der Waals surface area (Å²) >= 11 is 0. The summed E-state index contributed by atoms with van der Waals surface area (Å²) in [6, 6.07) is 6.39. The van der Waals surface area contributed by atoms with Gasteiger partial charge in [0.1, 0.15) is 0 Å². The molecule has 0 unspecified atom stereocenters. The second-order valence-corrected chi connectivity index (χ2v) is 5.69. The summed E-state index contributed by atoms with van der Waals surface area (Å²) in [5.74, 6) is -2.97. The predicted octanol–water partition coefficient (Wildman–Crippen LogP) is 2.18. The SMILES string of the molecule is CC(F)(F)COc1ncc(-c2ccc(=O)n(Cc3cccnc3)n2)cn1. The molecule has 0 saturated carbocycles. The Labute approximate surface area is 147 Å². The van der Waals surface area contributed by atoms with Crippen LogP contribution in [0.15, 0.2) is 53.8 Å². The van der Waals surface area contributed by atoms with Crippen LogP contribution in [0.5, 0.6) is 6.01 Å². The predicted molar refractivity (Wildman–Crippen MR) is 89.0 cm³/mol. The number of hydrogen-bond donors (Lipinski definition) is 0. The standard InChI is InChI=1S/C17H15F2N5O2/c1-17(18,19)11-26-16-21-8-13(9-22-16)14-4-5-15(25)24(23-14)10-12-3-2-6-20-7-12/h2-9H,10-11H2,1H3. The fourth-order valence-electron chi connectivity index (χ4n) is 2.10. The van der Waals surface area contributed by atoms with Crippen molar-refractivity contribution in [1.29, 1.82) is 0 Å². The summed E-state index contributed by atoms with van der Waals surface area (Å²) < 4.78 is 31.7. The van der Waals surface area contributed by atoms with Crippen LogP contribution in [0, 0.1) is 0 Å². The first-order valence-electron chi connectivity index (χ1n) is 7.71. The fourth-order valence-corrected chi connectivity index (χ4v) is 2.10. The van der Waals surface area contributed by atoms with Gasteiger partial charge in [0.15, 0.2) is 6.61 Å². The van der Waals surface area contributed by atoms with E-state index in [0.29, 0.717) is 11.3 Å². The summed E-state index contributed by atoms with van der Waals surface area (Å²) in [7, 11) is 0. The Hall–Kier alpha value is -3.23. The monoisotopic (exact) mass is 359 g/mol. The van der Waals surface area contributed by atoms with E-state index in [1.165, 1.54) is 23.1 Å². The number of alkyl halides is 2. The van der Waals surface area contributed by atoms with E-state index in [9.17, 15) is 13.6 Å². The van der Waals surface area contributed by atoms with E-state index >= 15 is 0 Å². The van der Waals surface area contributed by atoms with E-state index in [4.69, 9.17) is 4.74 Å². The highest BCUT2D eigenvalue weighted by Crippen LogP contribution is 2.17. The van der Waals surface area contributed by atoms with Crippen LogP contribution in [0.3, 0.4) is 0 Å². The van der Waals surface area contributed by atoms with Crippen LogP contribution in [-0.2, 0) is 6.54 Å². The Morgan fingerprint density at radius 3 is 2.58 bits per heavy atom. The first-order valence-corrected chi connectivity index (χ1v) is 7.71. The van der Waals surface area contributed by atoms with Gasteiger partial charge in [0.2, 0.25) is 0 Å². The zero-order valence-corrected chi connectivity index (χ0v) is 13.8. The molecule has 134 valence electrons. The van der Waals surface area contributed by atoms with Crippen molar-refractivity contribution in [1.82, 2.24) is 24.7 Å². The molecule has 0 bridgehead atoms. The van der Waals surface area contributed by atoms with Gasteiger partial charge < -0.3 is 4.74 Å². The molecule has 0 spiro atoms. The molecule has 0 amide bonds. The molecule has 0 aliphatic heterocycles. The minimum Gasteiger partial charge on any atom is -0.457 e. The van der Waals surface area contributed by atoms with E-state index in [0.717, 1.165) is 12.5 Å². The van der Waals surface area contributed by atoms with Gasteiger partial charge in [-0.15, -0.1) is 0 Å². The second-order valence-electron chi connectivity index (χ2n) is 5.69. The van der Waals surface area contributed by atoms with Crippen LogP contribution in [0.1, 0.15) is 12.5 Å². The maximum Gasteiger partial charge on any atom is 0.316 e. The van der Waals surface area contributed by atoms with Gasteiger partial charge in [0, 0.05) is 43.3 Å². The lowest BCUT2D eigenvalue weighted by atomic mass is 10.2. The molecule has 0 aliphatic carbocycles. The van der Waals surface area contributed by atoms with Crippen molar-refractivity contribution >= 4 is 0 Å². The van der Waals surface area contributed by atoms with Gasteiger partial charge >= 0.3 is 6.01 Å². The maximum absolute atomic E-state index is 12.8. The lowest BCUT2D eigenvalue weighted by Crippen LogP contribution is -2.23. The normalized spacial score (nSPS) is 11.3. The van der Waals surface area contributed by atoms with Crippen molar-refractivity contribution in [3.63, 3.8) is 0 Å². The Morgan fingerprint density at radius 2 is 1.92 bits per heavy atom. The lowest BCUT2D eigenvalue weighted by molar-refractivity contribution is -0.0256. The average Bonchev–Trinajstić information content (AvgIpc) is 2.63. The van der Waals surface area contributed by atoms with E-state index in [-0.39, 0.29) is 18.1 Å². The summed E-state index contributed by atoms with van der Waals surface area (Å²) in [6.07, 6.45) is 6.10. The molecule has 9 heteroatoms. The molecule has 0 aromatic carbocycles. The molecule has 3 aromatic rings. The Bertz CT molecular complexity index is 924. The molecule has 0 aliphatic rings. The largest absolute Gasteiger partial charge is 0.457 e. The molecule has 7 nitrogen and oxygen atoms in total. The van der Waals surface area contributed by atoms with E-state index in [2.05, 4.69) is 20.1 Å². The zero-order chi connectivity index (χ0) is 18.6. The minimum atomic E-state index is -2.97. The van der Waals surface area contributed by atoms with Crippen LogP contribution < -0.4 is 10.3 Å². The van der Waals surface area contributed by atoms with E-state index < -0.39 is 12.5 Å². The Morgan fingerprint density at radius 1 is 1.15 bits per heavy atom. The molecular weight excluding hydrogens is 344 g/mol. The van der Waals surface area contributed by atoms with Gasteiger partial charge in [-0.2, -0.15) is 5.10 Å². The summed E-state index contributed by atoms with van der Waals surface area (Å²) in [5.41, 5.74) is 1.57. The maximum atomic E-state index is 12.8. The van der Waals surface area contributed by atoms with Crippen molar-refractivity contribution in [2.24, 2.45) is 0 Å². The highest BCUT2D eigenvalue weighted by molar-refractivity contribution is 5.55. The Kier molecular flexibility index (Phi) is 4.97. The molecule has 0 atom stereocenters. The summed E-state index contributed by atoms with van der Waals surface area (Å²) in [5, 5.41) is 4.29. The molecule has 3 heterocycles. The van der Waals surface area contributed by atoms with Gasteiger partial charge in [-0.25, -0.2) is 23.4 Å². The van der Waals surface area contributed by atoms with Crippen molar-refractivity contribution in [3.05, 3.63) is 65.0 Å². The smallest absolute Gasteiger partial charge is 0.316 e. The number of aromatic nitrogens is 5. The summed E-state index contributed by atoms with van der Waals surface area (Å²) in [6.45, 7) is 0.214. The fraction of sp³-hybridized carbons (Fsp3) is 0.235. The van der Waals surface area contributed by atoms with Gasteiger partial charge in [0.05, 0.1) is 12.2 Å². The zero-order valence-electron chi connectivity index (χ0n) is 13.8. The number of halogens is 2. The molecular formula is C17H15F2N5O2. The van der Waals surface area contributed by atoms with Crippen molar-refractivity contribution in [2.45, 2.75) is 19.4 Å². The highest BCUT2D eigenvalue weighted by atomic mass is 19.3. The highest BCUT2D eigenvalue weighted by Gasteiger charge is 2.22. The van der Waals surface area contributed by atoms with Crippen molar-refractivity contribution in [2.75, 3.05) is 6.61 Å². The molecule has 3 aromatic heterocycles. The molecule has 0 N–H and O–H groups in total.